The smallest absolute Gasteiger partial charge is 0.226 e. The van der Waals surface area contributed by atoms with Crippen LogP contribution < -0.4 is 14.4 Å². The van der Waals surface area contributed by atoms with E-state index in [-0.39, 0.29) is 0 Å². The lowest BCUT2D eigenvalue weighted by Gasteiger charge is -2.29. The fourth-order valence-corrected chi connectivity index (χ4v) is 2.62. The van der Waals surface area contributed by atoms with Gasteiger partial charge in [0.25, 0.3) is 0 Å². The van der Waals surface area contributed by atoms with Crippen LogP contribution in [0.1, 0.15) is 16.8 Å². The molecular formula is C16H16N4O2. The Morgan fingerprint density at radius 1 is 1.18 bits per heavy atom. The average molecular weight is 296 g/mol. The van der Waals surface area contributed by atoms with Crippen molar-refractivity contribution in [2.24, 2.45) is 0 Å². The van der Waals surface area contributed by atoms with Gasteiger partial charge in [0.2, 0.25) is 5.95 Å². The molecule has 0 saturated heterocycles. The molecule has 2 aromatic rings. The van der Waals surface area contributed by atoms with Crippen LogP contribution in [-0.4, -0.2) is 30.7 Å². The van der Waals surface area contributed by atoms with Gasteiger partial charge in [-0.15, -0.1) is 0 Å². The highest BCUT2D eigenvalue weighted by Gasteiger charge is 2.21. The minimum absolute atomic E-state index is 0.378. The van der Waals surface area contributed by atoms with Crippen LogP contribution in [0.3, 0.4) is 0 Å². The molecule has 6 nitrogen and oxygen atoms in total. The first kappa shape index (κ1) is 14.1. The highest BCUT2D eigenvalue weighted by Crippen LogP contribution is 2.33. The summed E-state index contributed by atoms with van der Waals surface area (Å²) >= 11 is 0. The summed E-state index contributed by atoms with van der Waals surface area (Å²) in [5, 5.41) is 8.95. The summed E-state index contributed by atoms with van der Waals surface area (Å²) in [7, 11) is 3.27. The molecule has 0 saturated carbocycles. The van der Waals surface area contributed by atoms with Gasteiger partial charge in [-0.25, -0.2) is 9.97 Å². The molecule has 0 fully saturated rings. The second-order valence-electron chi connectivity index (χ2n) is 5.00. The van der Waals surface area contributed by atoms with Crippen LogP contribution in [0.15, 0.2) is 24.4 Å². The minimum atomic E-state index is 0.378. The second kappa shape index (κ2) is 5.90. The van der Waals surface area contributed by atoms with Gasteiger partial charge in [0.05, 0.1) is 14.2 Å². The summed E-state index contributed by atoms with van der Waals surface area (Å²) in [6.45, 7) is 1.49. The maximum Gasteiger partial charge on any atom is 0.226 e. The Bertz CT molecular complexity index is 739. The SMILES string of the molecule is COc1cc2c(cc1OC)CN(c1nccc(C#N)n1)CC2. The number of methoxy groups -OCH3 is 2. The number of nitriles is 1. The summed E-state index contributed by atoms with van der Waals surface area (Å²) in [5.41, 5.74) is 2.78. The lowest BCUT2D eigenvalue weighted by Crippen LogP contribution is -2.31. The predicted octanol–water partition coefficient (Wildman–Crippen LogP) is 1.93. The Hall–Kier alpha value is -2.81. The van der Waals surface area contributed by atoms with Gasteiger partial charge in [0, 0.05) is 19.3 Å². The maximum absolute atomic E-state index is 8.95. The normalized spacial score (nSPS) is 13.2. The minimum Gasteiger partial charge on any atom is -0.493 e. The van der Waals surface area contributed by atoms with E-state index in [2.05, 4.69) is 14.9 Å². The van der Waals surface area contributed by atoms with Gasteiger partial charge >= 0.3 is 0 Å². The number of hydrogen-bond donors (Lipinski definition) is 0. The van der Waals surface area contributed by atoms with Crippen LogP contribution in [0.4, 0.5) is 5.95 Å². The number of hydrogen-bond acceptors (Lipinski definition) is 6. The lowest BCUT2D eigenvalue weighted by atomic mass is 9.99. The van der Waals surface area contributed by atoms with Crippen LogP contribution in [0.2, 0.25) is 0 Å². The molecule has 6 heteroatoms. The standard InChI is InChI=1S/C16H16N4O2/c1-21-14-7-11-4-6-20(10-12(11)8-15(14)22-2)16-18-5-3-13(9-17)19-16/h3,5,7-8H,4,6,10H2,1-2H3. The van der Waals surface area contributed by atoms with Crippen LogP contribution in [-0.2, 0) is 13.0 Å². The van der Waals surface area contributed by atoms with Crippen LogP contribution in [0.25, 0.3) is 0 Å². The van der Waals surface area contributed by atoms with E-state index in [4.69, 9.17) is 14.7 Å². The Morgan fingerprint density at radius 3 is 2.59 bits per heavy atom. The Labute approximate surface area is 128 Å². The van der Waals surface area contributed by atoms with E-state index >= 15 is 0 Å². The molecule has 0 atom stereocenters. The Morgan fingerprint density at radius 2 is 1.91 bits per heavy atom. The molecule has 22 heavy (non-hydrogen) atoms. The molecule has 1 aliphatic rings. The summed E-state index contributed by atoms with van der Waals surface area (Å²) < 4.78 is 10.7. The van der Waals surface area contributed by atoms with Crippen LogP contribution in [0, 0.1) is 11.3 Å². The summed E-state index contributed by atoms with van der Waals surface area (Å²) in [5.74, 6) is 2.05. The zero-order valence-electron chi connectivity index (χ0n) is 12.5. The zero-order valence-corrected chi connectivity index (χ0v) is 12.5. The molecule has 1 aromatic heterocycles. The topological polar surface area (TPSA) is 71.3 Å². The molecule has 0 radical (unpaired) electrons. The van der Waals surface area contributed by atoms with Crippen LogP contribution in [0.5, 0.6) is 11.5 Å². The molecule has 0 bridgehead atoms. The van der Waals surface area contributed by atoms with Crippen LogP contribution >= 0.6 is 0 Å². The van der Waals surface area contributed by atoms with Gasteiger partial charge in [-0.2, -0.15) is 5.26 Å². The zero-order chi connectivity index (χ0) is 15.5. The first-order valence-corrected chi connectivity index (χ1v) is 6.97. The van der Waals surface area contributed by atoms with E-state index in [1.54, 1.807) is 26.5 Å². The van der Waals surface area contributed by atoms with Gasteiger partial charge in [0.1, 0.15) is 11.8 Å². The van der Waals surface area contributed by atoms with E-state index in [0.29, 0.717) is 18.2 Å². The molecule has 0 spiro atoms. The van der Waals surface area contributed by atoms with Gasteiger partial charge in [-0.05, 0) is 35.7 Å². The highest BCUT2D eigenvalue weighted by molar-refractivity contribution is 5.51. The van der Waals surface area contributed by atoms with Gasteiger partial charge in [-0.3, -0.25) is 0 Å². The van der Waals surface area contributed by atoms with Crippen molar-refractivity contribution in [1.29, 1.82) is 5.26 Å². The van der Waals surface area contributed by atoms with Gasteiger partial charge in [-0.1, -0.05) is 0 Å². The number of nitrogens with zero attached hydrogens (tertiary/aromatic N) is 4. The second-order valence-corrected chi connectivity index (χ2v) is 5.00. The largest absolute Gasteiger partial charge is 0.493 e. The van der Waals surface area contributed by atoms with Crippen molar-refractivity contribution in [3.63, 3.8) is 0 Å². The van der Waals surface area contributed by atoms with E-state index in [0.717, 1.165) is 30.0 Å². The number of anilines is 1. The van der Waals surface area contributed by atoms with Crippen molar-refractivity contribution in [3.05, 3.63) is 41.2 Å². The fourth-order valence-electron chi connectivity index (χ4n) is 2.62. The van der Waals surface area contributed by atoms with Crippen molar-refractivity contribution in [1.82, 2.24) is 9.97 Å². The van der Waals surface area contributed by atoms with Gasteiger partial charge < -0.3 is 14.4 Å². The maximum atomic E-state index is 8.95. The predicted molar refractivity (Wildman–Crippen MR) is 81.0 cm³/mol. The first-order valence-electron chi connectivity index (χ1n) is 6.97. The van der Waals surface area contributed by atoms with E-state index < -0.39 is 0 Å². The Kier molecular flexibility index (Phi) is 3.79. The number of benzene rings is 1. The monoisotopic (exact) mass is 296 g/mol. The molecule has 0 N–H and O–H groups in total. The summed E-state index contributed by atoms with van der Waals surface area (Å²) in [4.78, 5) is 10.6. The molecular weight excluding hydrogens is 280 g/mol. The third kappa shape index (κ3) is 2.53. The van der Waals surface area contributed by atoms with E-state index in [1.807, 2.05) is 18.2 Å². The third-order valence-corrected chi connectivity index (χ3v) is 3.76. The average Bonchev–Trinajstić information content (AvgIpc) is 2.59. The fraction of sp³-hybridized carbons (Fsp3) is 0.312. The number of rotatable bonds is 3. The summed E-state index contributed by atoms with van der Waals surface area (Å²) in [6.07, 6.45) is 2.49. The third-order valence-electron chi connectivity index (χ3n) is 3.76. The molecule has 1 aliphatic heterocycles. The molecule has 3 rings (SSSR count). The molecule has 2 heterocycles. The Balaban J connectivity index is 1.91. The first-order chi connectivity index (χ1) is 10.7. The van der Waals surface area contributed by atoms with Crippen molar-refractivity contribution in [2.75, 3.05) is 25.7 Å². The molecule has 0 aliphatic carbocycles. The molecule has 0 unspecified atom stereocenters. The number of fused-ring (bicyclic) bond motifs is 1. The van der Waals surface area contributed by atoms with E-state index in [9.17, 15) is 0 Å². The van der Waals surface area contributed by atoms with Crippen molar-refractivity contribution < 1.29 is 9.47 Å². The number of aromatic nitrogens is 2. The van der Waals surface area contributed by atoms with Crippen molar-refractivity contribution in [2.45, 2.75) is 13.0 Å². The van der Waals surface area contributed by atoms with Crippen molar-refractivity contribution >= 4 is 5.95 Å². The quantitative estimate of drug-likeness (QED) is 0.862. The number of ether oxygens (including phenoxy) is 2. The molecule has 112 valence electrons. The van der Waals surface area contributed by atoms with Gasteiger partial charge in [0.15, 0.2) is 11.5 Å². The summed E-state index contributed by atoms with van der Waals surface area (Å²) in [6, 6.07) is 7.67. The molecule has 1 aromatic carbocycles. The van der Waals surface area contributed by atoms with E-state index in [1.165, 1.54) is 5.56 Å². The highest BCUT2D eigenvalue weighted by atomic mass is 16.5. The molecule has 0 amide bonds. The van der Waals surface area contributed by atoms with Crippen molar-refractivity contribution in [3.8, 4) is 17.6 Å². The lowest BCUT2D eigenvalue weighted by molar-refractivity contribution is 0.353.